The summed E-state index contributed by atoms with van der Waals surface area (Å²) in [5.41, 5.74) is 11.4. The normalized spacial score (nSPS) is 20.1. The molecule has 0 unspecified atom stereocenters. The topological polar surface area (TPSA) is 95.4 Å². The van der Waals surface area contributed by atoms with Crippen molar-refractivity contribution in [1.29, 1.82) is 0 Å². The van der Waals surface area contributed by atoms with E-state index in [9.17, 15) is 4.79 Å². The molecular formula is C27H28BrN5O2. The average molecular weight is 534 g/mol. The van der Waals surface area contributed by atoms with Crippen molar-refractivity contribution in [2.75, 3.05) is 12.3 Å². The summed E-state index contributed by atoms with van der Waals surface area (Å²) in [7, 11) is 0. The first-order chi connectivity index (χ1) is 16.9. The number of halogens is 1. The quantitative estimate of drug-likeness (QED) is 0.314. The molecule has 0 aliphatic heterocycles. The van der Waals surface area contributed by atoms with Crippen LogP contribution in [0.2, 0.25) is 0 Å². The third-order valence-corrected chi connectivity index (χ3v) is 7.85. The van der Waals surface area contributed by atoms with Gasteiger partial charge in [0.2, 0.25) is 0 Å². The second-order valence-corrected chi connectivity index (χ2v) is 10.1. The molecule has 7 nitrogen and oxygen atoms in total. The Balaban J connectivity index is 1.46. The Labute approximate surface area is 212 Å². The van der Waals surface area contributed by atoms with Gasteiger partial charge >= 0.3 is 5.97 Å². The van der Waals surface area contributed by atoms with Gasteiger partial charge in [0, 0.05) is 28.8 Å². The Kier molecular flexibility index (Phi) is 6.32. The standard InChI is InChI=1S/C27H28BrN5O2/c1-3-35-26(34)27(2)13-11-18(12-14-27)23-22(28)24(29)33-25(32-23)20(16-31-33)19-9-10-21(30-15-19)17-7-5-4-6-8-17/h4-10,15-16,18H,3,11-14,29H2,1-2H3/t18-,27+. The Morgan fingerprint density at radius 3 is 2.54 bits per heavy atom. The lowest BCUT2D eigenvalue weighted by Crippen LogP contribution is -2.34. The predicted molar refractivity (Wildman–Crippen MR) is 140 cm³/mol. The summed E-state index contributed by atoms with van der Waals surface area (Å²) in [6, 6.07) is 14.1. The second-order valence-electron chi connectivity index (χ2n) is 9.34. The highest BCUT2D eigenvalue weighted by atomic mass is 79.9. The molecular weight excluding hydrogens is 506 g/mol. The Bertz CT molecular complexity index is 1360. The SMILES string of the molecule is CCOC(=O)[C@]1(C)CC[C@H](c2nc3c(-c4ccc(-c5ccccc5)nc4)cnn3c(N)c2Br)CC1. The number of carbonyl (C=O) groups excluding carboxylic acids is 1. The van der Waals surface area contributed by atoms with E-state index in [2.05, 4.69) is 26.0 Å². The number of hydrogen-bond acceptors (Lipinski definition) is 6. The van der Waals surface area contributed by atoms with Crippen LogP contribution in [0, 0.1) is 5.41 Å². The predicted octanol–water partition coefficient (Wildman–Crippen LogP) is 6.03. The highest BCUT2D eigenvalue weighted by molar-refractivity contribution is 9.10. The summed E-state index contributed by atoms with van der Waals surface area (Å²) < 4.78 is 7.75. The zero-order valence-corrected chi connectivity index (χ0v) is 21.5. The van der Waals surface area contributed by atoms with Gasteiger partial charge in [-0.15, -0.1) is 0 Å². The number of benzene rings is 1. The first-order valence-corrected chi connectivity index (χ1v) is 12.7. The molecule has 1 saturated carbocycles. The molecule has 3 heterocycles. The fraction of sp³-hybridized carbons (Fsp3) is 0.333. The lowest BCUT2D eigenvalue weighted by Gasteiger charge is -2.35. The molecule has 3 aromatic heterocycles. The summed E-state index contributed by atoms with van der Waals surface area (Å²) in [5, 5.41) is 4.50. The van der Waals surface area contributed by atoms with Gasteiger partial charge in [-0.2, -0.15) is 9.61 Å². The van der Waals surface area contributed by atoms with Crippen molar-refractivity contribution in [2.45, 2.75) is 45.4 Å². The molecule has 0 atom stereocenters. The Morgan fingerprint density at radius 2 is 1.89 bits per heavy atom. The number of fused-ring (bicyclic) bond motifs is 1. The fourth-order valence-electron chi connectivity index (χ4n) is 4.86. The van der Waals surface area contributed by atoms with Crippen LogP contribution in [-0.4, -0.2) is 32.2 Å². The number of nitrogens with two attached hydrogens (primary N) is 1. The van der Waals surface area contributed by atoms with Crippen LogP contribution in [0.1, 0.15) is 51.1 Å². The summed E-state index contributed by atoms with van der Waals surface area (Å²) in [5.74, 6) is 0.606. The molecule has 0 amide bonds. The summed E-state index contributed by atoms with van der Waals surface area (Å²) in [6.45, 7) is 4.26. The molecule has 0 radical (unpaired) electrons. The number of hydrogen-bond donors (Lipinski definition) is 1. The minimum absolute atomic E-state index is 0.107. The van der Waals surface area contributed by atoms with Gasteiger partial charge < -0.3 is 10.5 Å². The number of anilines is 1. The van der Waals surface area contributed by atoms with Crippen molar-refractivity contribution in [2.24, 2.45) is 5.41 Å². The van der Waals surface area contributed by atoms with Crippen molar-refractivity contribution in [3.05, 3.63) is 65.0 Å². The van der Waals surface area contributed by atoms with E-state index in [0.717, 1.165) is 58.2 Å². The smallest absolute Gasteiger partial charge is 0.311 e. The number of ether oxygens (including phenoxy) is 1. The van der Waals surface area contributed by atoms with Crippen LogP contribution in [0.25, 0.3) is 28.0 Å². The van der Waals surface area contributed by atoms with Gasteiger partial charge in [0.15, 0.2) is 5.65 Å². The van der Waals surface area contributed by atoms with E-state index in [4.69, 9.17) is 15.5 Å². The highest BCUT2D eigenvalue weighted by Crippen LogP contribution is 2.45. The lowest BCUT2D eigenvalue weighted by atomic mass is 9.71. The van der Waals surface area contributed by atoms with Crippen LogP contribution >= 0.6 is 15.9 Å². The molecule has 4 aromatic rings. The van der Waals surface area contributed by atoms with E-state index in [1.807, 2.05) is 62.5 Å². The number of pyridine rings is 1. The monoisotopic (exact) mass is 533 g/mol. The van der Waals surface area contributed by atoms with Crippen LogP contribution in [-0.2, 0) is 9.53 Å². The van der Waals surface area contributed by atoms with Crippen LogP contribution in [0.4, 0.5) is 5.82 Å². The van der Waals surface area contributed by atoms with Crippen molar-refractivity contribution < 1.29 is 9.53 Å². The molecule has 1 aliphatic carbocycles. The molecule has 1 aliphatic rings. The molecule has 180 valence electrons. The van der Waals surface area contributed by atoms with Crippen molar-refractivity contribution in [3.8, 4) is 22.4 Å². The zero-order valence-electron chi connectivity index (χ0n) is 19.9. The van der Waals surface area contributed by atoms with E-state index in [1.165, 1.54) is 0 Å². The number of rotatable bonds is 5. The lowest BCUT2D eigenvalue weighted by molar-refractivity contribution is -0.156. The number of nitrogens with zero attached hydrogens (tertiary/aromatic N) is 4. The minimum Gasteiger partial charge on any atom is -0.466 e. The third-order valence-electron chi connectivity index (χ3n) is 7.04. The maximum atomic E-state index is 12.5. The molecule has 5 rings (SSSR count). The van der Waals surface area contributed by atoms with E-state index in [1.54, 1.807) is 10.7 Å². The fourth-order valence-corrected chi connectivity index (χ4v) is 5.44. The molecule has 1 aromatic carbocycles. The van der Waals surface area contributed by atoms with Gasteiger partial charge in [0.1, 0.15) is 5.82 Å². The molecule has 8 heteroatoms. The number of esters is 1. The molecule has 0 spiro atoms. The third kappa shape index (κ3) is 4.31. The maximum Gasteiger partial charge on any atom is 0.311 e. The van der Waals surface area contributed by atoms with Gasteiger partial charge in [-0.25, -0.2) is 4.98 Å². The summed E-state index contributed by atoms with van der Waals surface area (Å²) in [4.78, 5) is 22.2. The number of carbonyl (C=O) groups is 1. The van der Waals surface area contributed by atoms with Gasteiger partial charge in [-0.05, 0) is 61.5 Å². The first kappa shape index (κ1) is 23.5. The van der Waals surface area contributed by atoms with Crippen LogP contribution in [0.3, 0.4) is 0 Å². The Hall–Kier alpha value is -3.26. The molecule has 35 heavy (non-hydrogen) atoms. The van der Waals surface area contributed by atoms with Crippen LogP contribution in [0.15, 0.2) is 59.3 Å². The summed E-state index contributed by atoms with van der Waals surface area (Å²) in [6.07, 6.45) is 6.83. The van der Waals surface area contributed by atoms with E-state index in [0.29, 0.717) is 18.1 Å². The molecule has 0 bridgehead atoms. The summed E-state index contributed by atoms with van der Waals surface area (Å²) >= 11 is 3.67. The highest BCUT2D eigenvalue weighted by Gasteiger charge is 2.40. The number of nitrogen functional groups attached to an aromatic ring is 1. The first-order valence-electron chi connectivity index (χ1n) is 11.9. The molecule has 2 N–H and O–H groups in total. The minimum atomic E-state index is -0.442. The van der Waals surface area contributed by atoms with Crippen LogP contribution < -0.4 is 5.73 Å². The van der Waals surface area contributed by atoms with Gasteiger partial charge in [0.25, 0.3) is 0 Å². The van der Waals surface area contributed by atoms with E-state index in [-0.39, 0.29) is 11.9 Å². The van der Waals surface area contributed by atoms with E-state index < -0.39 is 5.41 Å². The average Bonchev–Trinajstić information content (AvgIpc) is 3.32. The molecule has 0 saturated heterocycles. The second kappa shape index (κ2) is 9.41. The molecule has 1 fully saturated rings. The largest absolute Gasteiger partial charge is 0.466 e. The van der Waals surface area contributed by atoms with Crippen molar-refractivity contribution in [3.63, 3.8) is 0 Å². The van der Waals surface area contributed by atoms with Gasteiger partial charge in [0.05, 0.1) is 34.1 Å². The van der Waals surface area contributed by atoms with Gasteiger partial charge in [-0.3, -0.25) is 9.78 Å². The number of aromatic nitrogens is 4. The van der Waals surface area contributed by atoms with E-state index >= 15 is 0 Å². The van der Waals surface area contributed by atoms with Gasteiger partial charge in [-0.1, -0.05) is 36.4 Å². The van der Waals surface area contributed by atoms with Crippen molar-refractivity contribution in [1.82, 2.24) is 19.6 Å². The Morgan fingerprint density at radius 1 is 1.14 bits per heavy atom. The zero-order chi connectivity index (χ0) is 24.6. The van der Waals surface area contributed by atoms with Crippen molar-refractivity contribution >= 4 is 33.4 Å². The van der Waals surface area contributed by atoms with Crippen LogP contribution in [0.5, 0.6) is 0 Å². The maximum absolute atomic E-state index is 12.5.